The van der Waals surface area contributed by atoms with Gasteiger partial charge in [-0.25, -0.2) is 9.48 Å². The molecule has 0 spiro atoms. The first-order valence-corrected chi connectivity index (χ1v) is 19.5. The Morgan fingerprint density at radius 2 is 1.54 bits per heavy atom. The minimum absolute atomic E-state index is 0.0843. The fourth-order valence-corrected chi connectivity index (χ4v) is 9.64. The van der Waals surface area contributed by atoms with Crippen LogP contribution in [0.25, 0.3) is 16.9 Å². The minimum atomic E-state index is -1.30. The lowest BCUT2D eigenvalue weighted by molar-refractivity contribution is -0.163. The van der Waals surface area contributed by atoms with Crippen LogP contribution in [0.3, 0.4) is 0 Å². The molecule has 12 heteroatoms. The maximum atomic E-state index is 14.4. The number of nitrogens with zero attached hydrogens (tertiary/aromatic N) is 5. The van der Waals surface area contributed by atoms with Crippen molar-refractivity contribution in [3.63, 3.8) is 0 Å². The number of carboxylic acid groups (broad SMARTS) is 1. The number of rotatable bonds is 18. The molecule has 2 amide bonds. The summed E-state index contributed by atoms with van der Waals surface area (Å²) in [7, 11) is 9.22. The summed E-state index contributed by atoms with van der Waals surface area (Å²) in [5.74, 6) is 0.743. The summed E-state index contributed by atoms with van der Waals surface area (Å²) < 4.78 is 13.4. The zero-order valence-electron chi connectivity index (χ0n) is 33.0. The molecule has 1 aromatic heterocycles. The Labute approximate surface area is 319 Å². The largest absolute Gasteiger partial charge is 0.496 e. The van der Waals surface area contributed by atoms with Gasteiger partial charge in [0, 0.05) is 32.9 Å². The fraction of sp³-hybridized carbons (Fsp3) is 0.571. The smallest absolute Gasteiger partial charge is 0.330 e. The first kappa shape index (κ1) is 39.1. The van der Waals surface area contributed by atoms with Crippen LogP contribution in [0.2, 0.25) is 0 Å². The lowest BCUT2D eigenvalue weighted by atomic mass is 9.48. The van der Waals surface area contributed by atoms with Crippen molar-refractivity contribution in [2.45, 2.75) is 70.3 Å². The van der Waals surface area contributed by atoms with Gasteiger partial charge in [0.25, 0.3) is 5.91 Å². The van der Waals surface area contributed by atoms with Crippen LogP contribution in [-0.2, 0) is 9.59 Å². The number of ether oxygens (including phenoxy) is 2. The van der Waals surface area contributed by atoms with E-state index in [1.807, 2.05) is 24.3 Å². The normalized spacial score (nSPS) is 22.8. The molecule has 4 fully saturated rings. The highest BCUT2D eigenvalue weighted by Crippen LogP contribution is 2.58. The second-order valence-electron chi connectivity index (χ2n) is 16.2. The molecule has 0 radical (unpaired) electrons. The molecule has 1 heterocycles. The van der Waals surface area contributed by atoms with E-state index in [0.29, 0.717) is 34.6 Å². The zero-order chi connectivity index (χ0) is 38.7. The highest BCUT2D eigenvalue weighted by Gasteiger charge is 2.62. The Morgan fingerprint density at radius 3 is 2.09 bits per heavy atom. The molecule has 0 atom stereocenters. The van der Waals surface area contributed by atoms with Crippen LogP contribution in [0.1, 0.15) is 80.8 Å². The van der Waals surface area contributed by atoms with Gasteiger partial charge in [0.1, 0.15) is 17.0 Å². The quantitative estimate of drug-likeness (QED) is 0.153. The standard InChI is InChI=1S/C42H58N6O6/c1-27(2)33-24-32(47(5)18-10-16-45(3)15-9-17-46(4)26-49)13-14-35(33)48-36(39-37(53-6)11-8-12-38(39)54-7)25-34(44-48)40(50)43-42(41(51)52)30-20-28-19-29(22-30)23-31(42)21-28/h8,11-14,24-31H,9-10,15-23H2,1-7H3,(H,43,50)(H,51,52). The number of hydrogen-bond acceptors (Lipinski definition) is 8. The molecule has 0 aliphatic heterocycles. The second-order valence-corrected chi connectivity index (χ2v) is 16.2. The average molecular weight is 743 g/mol. The van der Waals surface area contributed by atoms with Crippen LogP contribution >= 0.6 is 0 Å². The first-order chi connectivity index (χ1) is 25.9. The number of carboxylic acids is 1. The molecule has 54 heavy (non-hydrogen) atoms. The van der Waals surface area contributed by atoms with Gasteiger partial charge in [0.15, 0.2) is 5.69 Å². The minimum Gasteiger partial charge on any atom is -0.496 e. The van der Waals surface area contributed by atoms with Gasteiger partial charge >= 0.3 is 5.97 Å². The first-order valence-electron chi connectivity index (χ1n) is 19.5. The van der Waals surface area contributed by atoms with Crippen molar-refractivity contribution in [3.8, 4) is 28.4 Å². The van der Waals surface area contributed by atoms with Gasteiger partial charge < -0.3 is 34.6 Å². The number of carbonyl (C=O) groups is 3. The Balaban J connectivity index is 1.32. The number of methoxy groups -OCH3 is 2. The van der Waals surface area contributed by atoms with Gasteiger partial charge in [-0.15, -0.1) is 0 Å². The molecule has 4 aliphatic carbocycles. The number of nitrogens with one attached hydrogen (secondary N) is 1. The number of aliphatic carboxylic acids is 1. The van der Waals surface area contributed by atoms with Crippen LogP contribution in [0, 0.1) is 23.7 Å². The number of anilines is 1. The van der Waals surface area contributed by atoms with Gasteiger partial charge in [0.2, 0.25) is 6.41 Å². The van der Waals surface area contributed by atoms with E-state index in [1.54, 1.807) is 36.9 Å². The average Bonchev–Trinajstić information content (AvgIpc) is 3.60. The molecule has 292 valence electrons. The topological polar surface area (TPSA) is 129 Å². The lowest BCUT2D eigenvalue weighted by Gasteiger charge is -2.59. The molecule has 2 aromatic carbocycles. The lowest BCUT2D eigenvalue weighted by Crippen LogP contribution is -2.70. The van der Waals surface area contributed by atoms with Crippen LogP contribution in [0.5, 0.6) is 11.5 Å². The summed E-state index contributed by atoms with van der Waals surface area (Å²) in [6.45, 7) is 7.76. The molecule has 4 bridgehead atoms. The van der Waals surface area contributed by atoms with E-state index in [9.17, 15) is 19.5 Å². The molecular formula is C42H58N6O6. The van der Waals surface area contributed by atoms with Gasteiger partial charge in [0.05, 0.1) is 31.2 Å². The SMILES string of the molecule is COc1cccc(OC)c1-c1cc(C(=O)NC2(C(=O)O)C3CC4CC(C3)CC2C4)nn1-c1ccc(N(C)CCCN(C)CCCN(C)C=O)cc1C(C)C. The Kier molecular flexibility index (Phi) is 11.9. The number of benzene rings is 2. The summed E-state index contributed by atoms with van der Waals surface area (Å²) in [4.78, 5) is 44.6. The molecule has 4 aliphatic rings. The van der Waals surface area contributed by atoms with Crippen molar-refractivity contribution in [1.29, 1.82) is 0 Å². The summed E-state index contributed by atoms with van der Waals surface area (Å²) in [6, 6.07) is 13.6. The van der Waals surface area contributed by atoms with Crippen molar-refractivity contribution in [2.75, 3.05) is 66.4 Å². The van der Waals surface area contributed by atoms with E-state index < -0.39 is 17.4 Å². The number of aromatic nitrogens is 2. The number of carbonyl (C=O) groups excluding carboxylic acids is 2. The van der Waals surface area contributed by atoms with Crippen LogP contribution < -0.4 is 19.7 Å². The predicted octanol–water partition coefficient (Wildman–Crippen LogP) is 5.93. The van der Waals surface area contributed by atoms with Crippen molar-refractivity contribution >= 4 is 24.0 Å². The molecule has 7 rings (SSSR count). The van der Waals surface area contributed by atoms with Crippen molar-refractivity contribution in [3.05, 3.63) is 53.7 Å². The number of amides is 2. The summed E-state index contributed by atoms with van der Waals surface area (Å²) in [5.41, 5.74) is 3.03. The van der Waals surface area contributed by atoms with E-state index in [1.165, 1.54) is 6.42 Å². The molecule has 3 aromatic rings. The van der Waals surface area contributed by atoms with Crippen LogP contribution in [-0.4, -0.2) is 110 Å². The summed E-state index contributed by atoms with van der Waals surface area (Å²) in [5, 5.41) is 18.8. The Bertz CT molecular complexity index is 1770. The third-order valence-electron chi connectivity index (χ3n) is 12.3. The second kappa shape index (κ2) is 16.4. The number of hydrogen-bond donors (Lipinski definition) is 2. The van der Waals surface area contributed by atoms with E-state index in [0.717, 1.165) is 88.1 Å². The molecule has 0 saturated heterocycles. The maximum Gasteiger partial charge on any atom is 0.330 e. The molecule has 0 unspecified atom stereocenters. The third-order valence-corrected chi connectivity index (χ3v) is 12.3. The monoisotopic (exact) mass is 742 g/mol. The van der Waals surface area contributed by atoms with Gasteiger partial charge in [-0.05, 0) is 137 Å². The molecule has 4 saturated carbocycles. The molecular weight excluding hydrogens is 684 g/mol. The van der Waals surface area contributed by atoms with Crippen LogP contribution in [0.4, 0.5) is 5.69 Å². The van der Waals surface area contributed by atoms with E-state index in [2.05, 4.69) is 55.2 Å². The summed E-state index contributed by atoms with van der Waals surface area (Å²) in [6.07, 6.45) is 7.32. The van der Waals surface area contributed by atoms with Crippen molar-refractivity contribution in [1.82, 2.24) is 24.9 Å². The Morgan fingerprint density at radius 1 is 0.926 bits per heavy atom. The predicted molar refractivity (Wildman–Crippen MR) is 210 cm³/mol. The van der Waals surface area contributed by atoms with Crippen molar-refractivity contribution < 1.29 is 29.0 Å². The third kappa shape index (κ3) is 7.67. The molecule has 12 nitrogen and oxygen atoms in total. The van der Waals surface area contributed by atoms with E-state index in [4.69, 9.17) is 14.6 Å². The van der Waals surface area contributed by atoms with E-state index in [-0.39, 0.29) is 23.4 Å². The summed E-state index contributed by atoms with van der Waals surface area (Å²) >= 11 is 0. The van der Waals surface area contributed by atoms with Gasteiger partial charge in [-0.3, -0.25) is 9.59 Å². The van der Waals surface area contributed by atoms with Gasteiger partial charge in [-0.1, -0.05) is 19.9 Å². The van der Waals surface area contributed by atoms with Gasteiger partial charge in [-0.2, -0.15) is 5.10 Å². The fourth-order valence-electron chi connectivity index (χ4n) is 9.64. The highest BCUT2D eigenvalue weighted by molar-refractivity contribution is 5.98. The maximum absolute atomic E-state index is 14.4. The van der Waals surface area contributed by atoms with Crippen LogP contribution in [0.15, 0.2) is 42.5 Å². The molecule has 2 N–H and O–H groups in total. The Hall–Kier alpha value is -4.58. The highest BCUT2D eigenvalue weighted by atomic mass is 16.5. The van der Waals surface area contributed by atoms with Crippen molar-refractivity contribution in [2.24, 2.45) is 23.7 Å². The van der Waals surface area contributed by atoms with E-state index >= 15 is 0 Å². The zero-order valence-corrected chi connectivity index (χ0v) is 33.0.